The van der Waals surface area contributed by atoms with Gasteiger partial charge in [-0.2, -0.15) is 5.10 Å². The molecule has 8 heteroatoms. The molecule has 0 spiro atoms. The summed E-state index contributed by atoms with van der Waals surface area (Å²) in [4.78, 5) is 32.7. The number of hydrogen-bond acceptors (Lipinski definition) is 6. The lowest BCUT2D eigenvalue weighted by Gasteiger charge is -2.25. The summed E-state index contributed by atoms with van der Waals surface area (Å²) in [7, 11) is 1.60. The molecule has 3 heterocycles. The molecule has 0 N–H and O–H groups in total. The van der Waals surface area contributed by atoms with Gasteiger partial charge in [-0.3, -0.25) is 9.59 Å². The Bertz CT molecular complexity index is 642. The highest BCUT2D eigenvalue weighted by Gasteiger charge is 2.27. The van der Waals surface area contributed by atoms with Gasteiger partial charge in [0.15, 0.2) is 5.13 Å². The molecule has 2 aliphatic heterocycles. The Kier molecular flexibility index (Phi) is 4.61. The maximum atomic E-state index is 12.6. The molecular weight excluding hydrogens is 314 g/mol. The van der Waals surface area contributed by atoms with Crippen LogP contribution in [-0.2, 0) is 9.59 Å². The minimum absolute atomic E-state index is 0.0391. The lowest BCUT2D eigenvalue weighted by molar-refractivity contribution is -0.130. The zero-order valence-electron chi connectivity index (χ0n) is 13.5. The highest BCUT2D eigenvalue weighted by atomic mass is 32.1. The summed E-state index contributed by atoms with van der Waals surface area (Å²) in [6, 6.07) is 0. The number of carbonyl (C=O) groups is 2. The van der Waals surface area contributed by atoms with Crippen molar-refractivity contribution in [2.24, 2.45) is 5.10 Å². The van der Waals surface area contributed by atoms with Crippen LogP contribution in [0.15, 0.2) is 10.5 Å². The van der Waals surface area contributed by atoms with Crippen molar-refractivity contribution in [2.45, 2.75) is 26.2 Å². The maximum absolute atomic E-state index is 12.6. The first-order chi connectivity index (χ1) is 11.0. The first kappa shape index (κ1) is 15.9. The molecule has 3 rings (SSSR count). The third-order valence-corrected chi connectivity index (χ3v) is 5.13. The zero-order valence-corrected chi connectivity index (χ0v) is 14.3. The Morgan fingerprint density at radius 3 is 2.74 bits per heavy atom. The molecule has 23 heavy (non-hydrogen) atoms. The molecule has 0 bridgehead atoms. The fraction of sp³-hybridized carbons (Fsp3) is 0.600. The Morgan fingerprint density at radius 1 is 1.22 bits per heavy atom. The smallest absolute Gasteiger partial charge is 0.270 e. The van der Waals surface area contributed by atoms with E-state index in [9.17, 15) is 9.59 Å². The van der Waals surface area contributed by atoms with Gasteiger partial charge in [-0.25, -0.2) is 9.99 Å². The average molecular weight is 335 g/mol. The van der Waals surface area contributed by atoms with E-state index in [0.29, 0.717) is 25.1 Å². The summed E-state index contributed by atoms with van der Waals surface area (Å²) in [6.45, 7) is 5.06. The first-order valence-corrected chi connectivity index (χ1v) is 8.73. The van der Waals surface area contributed by atoms with E-state index in [-0.39, 0.29) is 11.8 Å². The second-order valence-electron chi connectivity index (χ2n) is 5.87. The van der Waals surface area contributed by atoms with E-state index in [1.54, 1.807) is 18.4 Å². The van der Waals surface area contributed by atoms with Gasteiger partial charge in [-0.1, -0.05) is 0 Å². The van der Waals surface area contributed by atoms with Crippen molar-refractivity contribution >= 4 is 34.0 Å². The lowest BCUT2D eigenvalue weighted by atomic mass is 10.1. The summed E-state index contributed by atoms with van der Waals surface area (Å²) in [5.41, 5.74) is 1.53. The standard InChI is InChI=1S/C15H21N5O2S/c1-11-10-23-15(16-11)20-7-3-6-19(8-9-20)14(22)12-4-5-13(21)18(2)17-12/h10H,3-9H2,1-2H3. The molecule has 2 amide bonds. The van der Waals surface area contributed by atoms with E-state index in [1.807, 2.05) is 17.2 Å². The number of nitrogens with zero attached hydrogens (tertiary/aromatic N) is 5. The van der Waals surface area contributed by atoms with Gasteiger partial charge in [0.1, 0.15) is 5.71 Å². The van der Waals surface area contributed by atoms with Crippen molar-refractivity contribution < 1.29 is 9.59 Å². The topological polar surface area (TPSA) is 69.1 Å². The van der Waals surface area contributed by atoms with Crippen LogP contribution in [0.4, 0.5) is 5.13 Å². The molecule has 0 atom stereocenters. The van der Waals surface area contributed by atoms with Crippen LogP contribution in [0.5, 0.6) is 0 Å². The number of rotatable bonds is 2. The summed E-state index contributed by atoms with van der Waals surface area (Å²) >= 11 is 1.65. The quantitative estimate of drug-likeness (QED) is 0.811. The third-order valence-electron chi connectivity index (χ3n) is 4.11. The number of aromatic nitrogens is 1. The van der Waals surface area contributed by atoms with Crippen LogP contribution >= 0.6 is 11.3 Å². The number of aryl methyl sites for hydroxylation is 1. The Morgan fingerprint density at radius 2 is 2.04 bits per heavy atom. The molecule has 7 nitrogen and oxygen atoms in total. The highest BCUT2D eigenvalue weighted by Crippen LogP contribution is 2.21. The van der Waals surface area contributed by atoms with Gasteiger partial charge in [0.25, 0.3) is 5.91 Å². The molecule has 1 saturated heterocycles. The van der Waals surface area contributed by atoms with E-state index in [4.69, 9.17) is 0 Å². The van der Waals surface area contributed by atoms with Crippen LogP contribution in [0.2, 0.25) is 0 Å². The second kappa shape index (κ2) is 6.66. The van der Waals surface area contributed by atoms with Crippen LogP contribution in [-0.4, -0.2) is 65.6 Å². The van der Waals surface area contributed by atoms with Crippen LogP contribution in [0.3, 0.4) is 0 Å². The zero-order chi connectivity index (χ0) is 16.4. The minimum Gasteiger partial charge on any atom is -0.346 e. The number of thiazole rings is 1. The number of carbonyl (C=O) groups excluding carboxylic acids is 2. The van der Waals surface area contributed by atoms with E-state index in [1.165, 1.54) is 5.01 Å². The normalized spacial score (nSPS) is 19.7. The summed E-state index contributed by atoms with van der Waals surface area (Å²) in [6.07, 6.45) is 1.71. The molecule has 124 valence electrons. The molecule has 1 fully saturated rings. The molecule has 0 aromatic carbocycles. The van der Waals surface area contributed by atoms with Gasteiger partial charge in [-0.15, -0.1) is 11.3 Å². The fourth-order valence-corrected chi connectivity index (χ4v) is 3.66. The van der Waals surface area contributed by atoms with Crippen molar-refractivity contribution in [3.63, 3.8) is 0 Å². The molecule has 0 unspecified atom stereocenters. The van der Waals surface area contributed by atoms with E-state index < -0.39 is 0 Å². The summed E-state index contributed by atoms with van der Waals surface area (Å²) in [5, 5.41) is 8.49. The van der Waals surface area contributed by atoms with E-state index in [0.717, 1.165) is 36.9 Å². The predicted molar refractivity (Wildman–Crippen MR) is 89.7 cm³/mol. The largest absolute Gasteiger partial charge is 0.346 e. The van der Waals surface area contributed by atoms with E-state index in [2.05, 4.69) is 15.0 Å². The average Bonchev–Trinajstić information content (AvgIpc) is 2.83. The Labute approximate surface area is 139 Å². The Hall–Kier alpha value is -1.96. The lowest BCUT2D eigenvalue weighted by Crippen LogP contribution is -2.42. The molecule has 1 aromatic rings. The number of hydrazone groups is 1. The molecule has 0 saturated carbocycles. The van der Waals surface area contributed by atoms with Crippen LogP contribution in [0, 0.1) is 6.92 Å². The number of amides is 2. The third kappa shape index (κ3) is 3.52. The van der Waals surface area contributed by atoms with Gasteiger partial charge < -0.3 is 9.80 Å². The maximum Gasteiger partial charge on any atom is 0.270 e. The highest BCUT2D eigenvalue weighted by molar-refractivity contribution is 7.13. The van der Waals surface area contributed by atoms with Crippen molar-refractivity contribution in [2.75, 3.05) is 38.1 Å². The van der Waals surface area contributed by atoms with Gasteiger partial charge in [0.05, 0.1) is 5.69 Å². The first-order valence-electron chi connectivity index (χ1n) is 7.85. The van der Waals surface area contributed by atoms with Crippen LogP contribution in [0.1, 0.15) is 25.0 Å². The summed E-state index contributed by atoms with van der Waals surface area (Å²) < 4.78 is 0. The number of anilines is 1. The minimum atomic E-state index is -0.0403. The van der Waals surface area contributed by atoms with Gasteiger partial charge in [0.2, 0.25) is 5.91 Å². The molecule has 0 aliphatic carbocycles. The van der Waals surface area contributed by atoms with Crippen molar-refractivity contribution in [3.8, 4) is 0 Å². The predicted octanol–water partition coefficient (Wildman–Crippen LogP) is 1.10. The molecular formula is C15H21N5O2S. The Balaban J connectivity index is 1.65. The fourth-order valence-electron chi connectivity index (χ4n) is 2.80. The van der Waals surface area contributed by atoms with Crippen molar-refractivity contribution in [1.82, 2.24) is 14.9 Å². The van der Waals surface area contributed by atoms with Gasteiger partial charge in [0, 0.05) is 51.4 Å². The second-order valence-corrected chi connectivity index (χ2v) is 6.70. The molecule has 0 radical (unpaired) electrons. The molecule has 1 aromatic heterocycles. The van der Waals surface area contributed by atoms with Gasteiger partial charge >= 0.3 is 0 Å². The van der Waals surface area contributed by atoms with Gasteiger partial charge in [-0.05, 0) is 13.3 Å². The summed E-state index contributed by atoms with van der Waals surface area (Å²) in [5.74, 6) is -0.0794. The van der Waals surface area contributed by atoms with E-state index >= 15 is 0 Å². The SMILES string of the molecule is Cc1csc(N2CCCN(C(=O)C3=NN(C)C(=O)CC3)CC2)n1. The van der Waals surface area contributed by atoms with Crippen molar-refractivity contribution in [1.29, 1.82) is 0 Å². The van der Waals surface area contributed by atoms with Crippen molar-refractivity contribution in [3.05, 3.63) is 11.1 Å². The monoisotopic (exact) mass is 335 g/mol. The number of hydrogen-bond donors (Lipinski definition) is 0. The van der Waals surface area contributed by atoms with Crippen LogP contribution < -0.4 is 4.90 Å². The van der Waals surface area contributed by atoms with Crippen LogP contribution in [0.25, 0.3) is 0 Å². The molecule has 2 aliphatic rings.